The number of methoxy groups -OCH3 is 2. The fourth-order valence-electron chi connectivity index (χ4n) is 2.87. The van der Waals surface area contributed by atoms with E-state index in [0.29, 0.717) is 5.82 Å². The molecule has 2 N–H and O–H groups in total. The summed E-state index contributed by atoms with van der Waals surface area (Å²) in [7, 11) is 3.24. The lowest BCUT2D eigenvalue weighted by atomic mass is 10.0. The summed E-state index contributed by atoms with van der Waals surface area (Å²) in [5.74, 6) is 2.10. The minimum Gasteiger partial charge on any atom is -0.497 e. The maximum Gasteiger partial charge on any atom is 0.306 e. The molecule has 0 spiro atoms. The molecule has 0 fully saturated rings. The van der Waals surface area contributed by atoms with Gasteiger partial charge in [0.25, 0.3) is 0 Å². The van der Waals surface area contributed by atoms with Gasteiger partial charge in [-0.2, -0.15) is 5.10 Å². The van der Waals surface area contributed by atoms with Crippen molar-refractivity contribution in [1.82, 2.24) is 4.98 Å². The van der Waals surface area contributed by atoms with Gasteiger partial charge in [0.2, 0.25) is 0 Å². The number of allylic oxidation sites excluding steroid dienone is 1. The molecule has 4 rings (SSSR count). The number of benzene rings is 2. The first-order valence-corrected chi connectivity index (χ1v) is 9.59. The first-order chi connectivity index (χ1) is 14.2. The van der Waals surface area contributed by atoms with Crippen LogP contribution in [0.4, 0.5) is 11.5 Å². The Morgan fingerprint density at radius 2 is 1.86 bits per heavy atom. The number of anilines is 2. The molecule has 29 heavy (non-hydrogen) atoms. The summed E-state index contributed by atoms with van der Waals surface area (Å²) in [5, 5.41) is 11.5. The molecule has 7 nitrogen and oxygen atoms in total. The van der Waals surface area contributed by atoms with Crippen molar-refractivity contribution >= 4 is 40.8 Å². The second-order valence-corrected chi connectivity index (χ2v) is 7.15. The lowest BCUT2D eigenvalue weighted by Crippen LogP contribution is -2.02. The van der Waals surface area contributed by atoms with E-state index in [1.807, 2.05) is 54.6 Å². The average molecular weight is 406 g/mol. The number of ether oxygens (including phenoxy) is 2. The Balaban J connectivity index is 1.64. The van der Waals surface area contributed by atoms with Crippen LogP contribution in [0.15, 0.2) is 69.1 Å². The van der Waals surface area contributed by atoms with Crippen LogP contribution in [0.5, 0.6) is 11.5 Å². The van der Waals surface area contributed by atoms with E-state index >= 15 is 0 Å². The summed E-state index contributed by atoms with van der Waals surface area (Å²) in [6, 6.07) is 15.1. The van der Waals surface area contributed by atoms with Crippen molar-refractivity contribution < 1.29 is 9.47 Å². The lowest BCUT2D eigenvalue weighted by Gasteiger charge is -2.08. The Morgan fingerprint density at radius 1 is 1.07 bits per heavy atom. The molecule has 0 saturated heterocycles. The maximum absolute atomic E-state index is 12.0. The molecule has 0 aliphatic carbocycles. The fraction of sp³-hybridized carbons (Fsp3) is 0.0952. The molecule has 0 radical (unpaired) electrons. The fourth-order valence-corrected chi connectivity index (χ4v) is 3.61. The van der Waals surface area contributed by atoms with E-state index in [0.717, 1.165) is 50.2 Å². The van der Waals surface area contributed by atoms with Crippen LogP contribution in [0.1, 0.15) is 10.4 Å². The van der Waals surface area contributed by atoms with E-state index in [1.54, 1.807) is 20.4 Å². The SMILES string of the molecule is COc1ccc(C2=NN=CC2=Cc2sc(=O)[nH]c2Nc2cccc(OC)c2)cc1. The lowest BCUT2D eigenvalue weighted by molar-refractivity contribution is 0.414. The van der Waals surface area contributed by atoms with E-state index in [9.17, 15) is 4.79 Å². The molecule has 2 heterocycles. The molecule has 2 aromatic carbocycles. The molecule has 146 valence electrons. The van der Waals surface area contributed by atoms with Gasteiger partial charge in [-0.05, 0) is 42.5 Å². The topological polar surface area (TPSA) is 88.1 Å². The van der Waals surface area contributed by atoms with E-state index in [1.165, 1.54) is 0 Å². The molecule has 3 aromatic rings. The highest BCUT2D eigenvalue weighted by Gasteiger charge is 2.16. The van der Waals surface area contributed by atoms with Crippen LogP contribution in [0.2, 0.25) is 0 Å². The number of hydrogen-bond acceptors (Lipinski definition) is 7. The Morgan fingerprint density at radius 3 is 2.62 bits per heavy atom. The summed E-state index contributed by atoms with van der Waals surface area (Å²) >= 11 is 1.12. The number of rotatable bonds is 6. The molecule has 0 amide bonds. The van der Waals surface area contributed by atoms with Gasteiger partial charge in [-0.3, -0.25) is 9.78 Å². The third kappa shape index (κ3) is 4.12. The zero-order valence-corrected chi connectivity index (χ0v) is 16.6. The smallest absolute Gasteiger partial charge is 0.306 e. The first-order valence-electron chi connectivity index (χ1n) is 8.78. The van der Waals surface area contributed by atoms with Crippen molar-refractivity contribution in [3.8, 4) is 11.5 Å². The largest absolute Gasteiger partial charge is 0.497 e. The maximum atomic E-state index is 12.0. The van der Waals surface area contributed by atoms with Gasteiger partial charge in [0.15, 0.2) is 0 Å². The van der Waals surface area contributed by atoms with Gasteiger partial charge < -0.3 is 14.8 Å². The standard InChI is InChI=1S/C21H18N4O3S/c1-27-16-8-6-13(7-9-16)19-14(12-22-25-19)10-18-20(24-21(26)29-18)23-15-4-3-5-17(11-15)28-2/h3-12,23H,1-2H3,(H,24,26). The Hall–Kier alpha value is -3.65. The highest BCUT2D eigenvalue weighted by Crippen LogP contribution is 2.27. The number of H-pyrrole nitrogens is 1. The minimum absolute atomic E-state index is 0.153. The van der Waals surface area contributed by atoms with Crippen molar-refractivity contribution in [2.75, 3.05) is 19.5 Å². The summed E-state index contributed by atoms with van der Waals surface area (Å²) in [6.07, 6.45) is 3.57. The molecular weight excluding hydrogens is 388 g/mol. The van der Waals surface area contributed by atoms with Crippen molar-refractivity contribution in [3.05, 3.63) is 74.2 Å². The summed E-state index contributed by atoms with van der Waals surface area (Å²) in [5.41, 5.74) is 3.28. The highest BCUT2D eigenvalue weighted by atomic mass is 32.1. The van der Waals surface area contributed by atoms with Crippen molar-refractivity contribution in [2.45, 2.75) is 0 Å². The third-order valence-electron chi connectivity index (χ3n) is 4.29. The quantitative estimate of drug-likeness (QED) is 0.646. The zero-order chi connectivity index (χ0) is 20.2. The van der Waals surface area contributed by atoms with Gasteiger partial charge in [-0.15, -0.1) is 5.10 Å². The van der Waals surface area contributed by atoms with Gasteiger partial charge >= 0.3 is 4.87 Å². The van der Waals surface area contributed by atoms with Crippen LogP contribution in [0.25, 0.3) is 6.08 Å². The predicted octanol–water partition coefficient (Wildman–Crippen LogP) is 4.07. The van der Waals surface area contributed by atoms with Crippen molar-refractivity contribution in [3.63, 3.8) is 0 Å². The van der Waals surface area contributed by atoms with Crippen molar-refractivity contribution in [1.29, 1.82) is 0 Å². The molecule has 8 heteroatoms. The van der Waals surface area contributed by atoms with E-state index in [4.69, 9.17) is 9.47 Å². The Labute approximate surface area is 171 Å². The number of nitrogens with zero attached hydrogens (tertiary/aromatic N) is 2. The average Bonchev–Trinajstić information content (AvgIpc) is 3.34. The summed E-state index contributed by atoms with van der Waals surface area (Å²) in [6.45, 7) is 0. The monoisotopic (exact) mass is 406 g/mol. The normalized spacial score (nSPS) is 14.1. The molecule has 0 atom stereocenters. The Kier molecular flexibility index (Phi) is 5.26. The van der Waals surface area contributed by atoms with Gasteiger partial charge in [-0.25, -0.2) is 0 Å². The van der Waals surface area contributed by atoms with Crippen LogP contribution in [0, 0.1) is 0 Å². The molecule has 0 saturated carbocycles. The highest BCUT2D eigenvalue weighted by molar-refractivity contribution is 7.10. The van der Waals surface area contributed by atoms with E-state index in [-0.39, 0.29) is 4.87 Å². The van der Waals surface area contributed by atoms with Crippen LogP contribution >= 0.6 is 11.3 Å². The van der Waals surface area contributed by atoms with Gasteiger partial charge in [0.1, 0.15) is 23.0 Å². The zero-order valence-electron chi connectivity index (χ0n) is 15.8. The van der Waals surface area contributed by atoms with Crippen LogP contribution in [0.3, 0.4) is 0 Å². The number of thiazole rings is 1. The third-order valence-corrected chi connectivity index (χ3v) is 5.12. The predicted molar refractivity (Wildman–Crippen MR) is 117 cm³/mol. The van der Waals surface area contributed by atoms with Crippen molar-refractivity contribution in [2.24, 2.45) is 10.2 Å². The molecular formula is C21H18N4O3S. The summed E-state index contributed by atoms with van der Waals surface area (Å²) < 4.78 is 10.5. The minimum atomic E-state index is -0.153. The second-order valence-electron chi connectivity index (χ2n) is 6.13. The van der Waals surface area contributed by atoms with E-state index < -0.39 is 0 Å². The number of nitrogens with one attached hydrogen (secondary N) is 2. The number of aromatic amines is 1. The molecule has 1 aromatic heterocycles. The molecule has 1 aliphatic heterocycles. The van der Waals surface area contributed by atoms with Crippen LogP contribution < -0.4 is 19.7 Å². The second kappa shape index (κ2) is 8.15. The van der Waals surface area contributed by atoms with Gasteiger partial charge in [0, 0.05) is 22.9 Å². The molecule has 0 bridgehead atoms. The van der Waals surface area contributed by atoms with Crippen LogP contribution in [-0.2, 0) is 0 Å². The van der Waals surface area contributed by atoms with Gasteiger partial charge in [0.05, 0.1) is 25.3 Å². The Bertz CT molecular complexity index is 1170. The summed E-state index contributed by atoms with van der Waals surface area (Å²) in [4.78, 5) is 15.5. The van der Waals surface area contributed by atoms with Crippen LogP contribution in [-0.4, -0.2) is 31.1 Å². The number of aromatic nitrogens is 1. The first kappa shape index (κ1) is 18.7. The number of hydrogen-bond donors (Lipinski definition) is 2. The van der Waals surface area contributed by atoms with E-state index in [2.05, 4.69) is 20.5 Å². The molecule has 1 aliphatic rings. The molecule has 0 unspecified atom stereocenters. The van der Waals surface area contributed by atoms with Gasteiger partial charge in [-0.1, -0.05) is 17.4 Å².